The molecule has 0 saturated carbocycles. The Morgan fingerprint density at radius 2 is 1.58 bits per heavy atom. The summed E-state index contributed by atoms with van der Waals surface area (Å²) < 4.78 is 5.61. The average molecular weight is 676 g/mol. The largest absolute Gasteiger partial charge is 0.490 e. The molecule has 0 saturated heterocycles. The summed E-state index contributed by atoms with van der Waals surface area (Å²) in [6, 6.07) is 5.13. The lowest BCUT2D eigenvalue weighted by Crippen LogP contribution is -2.55. The number of rotatable bonds is 26. The predicted molar refractivity (Wildman–Crippen MR) is 184 cm³/mol. The van der Waals surface area contributed by atoms with Crippen LogP contribution >= 0.6 is 0 Å². The van der Waals surface area contributed by atoms with Crippen LogP contribution in [-0.4, -0.2) is 73.7 Å². The van der Waals surface area contributed by atoms with Crippen molar-refractivity contribution < 1.29 is 49.4 Å². The van der Waals surface area contributed by atoms with Crippen LogP contribution in [-0.2, 0) is 25.6 Å². The Balaban J connectivity index is 2.83. The molecule has 11 nitrogen and oxygen atoms in total. The Morgan fingerprint density at radius 3 is 2.17 bits per heavy atom. The summed E-state index contributed by atoms with van der Waals surface area (Å²) in [5, 5.41) is 52.4. The Hall–Kier alpha value is -3.70. The number of carboxylic acid groups (broad SMARTS) is 3. The number of carbonyl (C=O) groups is 4. The van der Waals surface area contributed by atoms with Crippen molar-refractivity contribution >= 4 is 23.8 Å². The van der Waals surface area contributed by atoms with E-state index in [2.05, 4.69) is 19.2 Å². The molecule has 0 aliphatic carbocycles. The zero-order valence-corrected chi connectivity index (χ0v) is 29.0. The molecule has 0 radical (unpaired) electrons. The minimum Gasteiger partial charge on any atom is -0.490 e. The van der Waals surface area contributed by atoms with Gasteiger partial charge in [-0.05, 0) is 75.6 Å². The second kappa shape index (κ2) is 22.8. The van der Waals surface area contributed by atoms with Gasteiger partial charge in [0.2, 0.25) is 5.91 Å². The number of hydrogen-bond donors (Lipinski definition) is 6. The number of carboxylic acids is 3. The zero-order valence-electron chi connectivity index (χ0n) is 29.0. The molecule has 270 valence electrons. The molecule has 1 rings (SSSR count). The van der Waals surface area contributed by atoms with Gasteiger partial charge in [-0.15, -0.1) is 0 Å². The van der Waals surface area contributed by atoms with Crippen LogP contribution in [0.4, 0.5) is 0 Å². The van der Waals surface area contributed by atoms with Gasteiger partial charge >= 0.3 is 17.9 Å². The van der Waals surface area contributed by atoms with Gasteiger partial charge < -0.3 is 35.6 Å². The maximum absolute atomic E-state index is 13.3. The first kappa shape index (κ1) is 42.3. The van der Waals surface area contributed by atoms with Gasteiger partial charge in [0.15, 0.2) is 5.60 Å². The van der Waals surface area contributed by atoms with Gasteiger partial charge in [-0.3, -0.25) is 9.59 Å². The second-order valence-electron chi connectivity index (χ2n) is 13.0. The molecule has 0 aromatic heterocycles. The van der Waals surface area contributed by atoms with Crippen molar-refractivity contribution in [2.24, 2.45) is 11.8 Å². The number of benzene rings is 1. The number of aliphatic hydroxyl groups is 2. The minimum atomic E-state index is -3.01. The summed E-state index contributed by atoms with van der Waals surface area (Å²) in [6.45, 7) is 8.65. The van der Waals surface area contributed by atoms with Crippen LogP contribution in [0.1, 0.15) is 110 Å². The Morgan fingerprint density at radius 1 is 0.917 bits per heavy atom. The SMILES string of the molecule is CCCCC(C)CCC(O)CCCCCC/C=C/[C@H](C(=O)N[C@@H](Cc1ccc(OCC=C(C)C)cc1)C(=O)O)[C@@](O)(CC(=O)O)C(=O)O. The molecule has 48 heavy (non-hydrogen) atoms. The highest BCUT2D eigenvalue weighted by molar-refractivity contribution is 5.94. The lowest BCUT2D eigenvalue weighted by atomic mass is 9.82. The van der Waals surface area contributed by atoms with Crippen LogP contribution < -0.4 is 10.1 Å². The molecule has 5 atom stereocenters. The Labute approximate surface area is 285 Å². The summed E-state index contributed by atoms with van der Waals surface area (Å²) in [5.41, 5.74) is -1.36. The van der Waals surface area contributed by atoms with E-state index < -0.39 is 47.8 Å². The molecule has 11 heteroatoms. The number of nitrogens with one attached hydrogen (secondary N) is 1. The lowest BCUT2D eigenvalue weighted by Gasteiger charge is -2.29. The number of hydrogen-bond acceptors (Lipinski definition) is 7. The van der Waals surface area contributed by atoms with Gasteiger partial charge in [0.25, 0.3) is 0 Å². The number of ether oxygens (including phenoxy) is 1. The molecule has 0 fully saturated rings. The third kappa shape index (κ3) is 16.9. The molecular formula is C37H57NO10. The number of allylic oxidation sites excluding steroid dienone is 2. The van der Waals surface area contributed by atoms with Crippen molar-refractivity contribution in [1.82, 2.24) is 5.32 Å². The van der Waals surface area contributed by atoms with E-state index in [1.54, 1.807) is 24.3 Å². The average Bonchev–Trinajstić information content (AvgIpc) is 3.01. The number of carbonyl (C=O) groups excluding carboxylic acids is 1. The maximum Gasteiger partial charge on any atom is 0.337 e. The maximum atomic E-state index is 13.3. The van der Waals surface area contributed by atoms with Gasteiger partial charge in [-0.25, -0.2) is 9.59 Å². The molecule has 0 spiro atoms. The van der Waals surface area contributed by atoms with E-state index in [4.69, 9.17) is 4.74 Å². The van der Waals surface area contributed by atoms with Crippen molar-refractivity contribution in [2.45, 2.75) is 129 Å². The summed E-state index contributed by atoms with van der Waals surface area (Å²) in [5.74, 6) is -6.74. The smallest absolute Gasteiger partial charge is 0.337 e. The van der Waals surface area contributed by atoms with Crippen molar-refractivity contribution in [3.63, 3.8) is 0 Å². The van der Waals surface area contributed by atoms with Gasteiger partial charge in [0.1, 0.15) is 18.4 Å². The third-order valence-corrected chi connectivity index (χ3v) is 8.34. The standard InChI is InChI=1S/C37H57NO10/c1-5-6-13-27(4)16-19-29(39)14-11-9-7-8-10-12-15-31(37(47,36(45)46)25-33(40)41)34(42)38-32(35(43)44)24-28-17-20-30(21-18-28)48-23-22-26(2)3/h12,15,17-18,20-22,27,29,31-32,39,47H,5-11,13-14,16,19,23-25H2,1-4H3,(H,38,42)(H,40,41)(H,43,44)(H,45,46)/b15-12+/t27?,29?,31-,32+,37+/m1/s1. The van der Waals surface area contributed by atoms with Crippen LogP contribution in [0.15, 0.2) is 48.1 Å². The summed E-state index contributed by atoms with van der Waals surface area (Å²) in [4.78, 5) is 49.0. The molecule has 0 bridgehead atoms. The van der Waals surface area contributed by atoms with Crippen molar-refractivity contribution in [2.75, 3.05) is 6.61 Å². The number of aliphatic carboxylic acids is 3. The van der Waals surface area contributed by atoms with E-state index in [9.17, 15) is 44.7 Å². The molecule has 0 aliphatic heterocycles. The third-order valence-electron chi connectivity index (χ3n) is 8.34. The van der Waals surface area contributed by atoms with Crippen molar-refractivity contribution in [3.05, 3.63) is 53.6 Å². The lowest BCUT2D eigenvalue weighted by molar-refractivity contribution is -0.172. The second-order valence-corrected chi connectivity index (χ2v) is 13.0. The number of amides is 1. The molecule has 6 N–H and O–H groups in total. The summed E-state index contributed by atoms with van der Waals surface area (Å²) >= 11 is 0. The van der Waals surface area contributed by atoms with Crippen LogP contribution in [0.2, 0.25) is 0 Å². The van der Waals surface area contributed by atoms with Crippen molar-refractivity contribution in [1.29, 1.82) is 0 Å². The monoisotopic (exact) mass is 675 g/mol. The first-order valence-electron chi connectivity index (χ1n) is 17.1. The molecular weight excluding hydrogens is 618 g/mol. The fourth-order valence-corrected chi connectivity index (χ4v) is 5.28. The van der Waals surface area contributed by atoms with Gasteiger partial charge in [0.05, 0.1) is 18.4 Å². The molecule has 1 amide bonds. The highest BCUT2D eigenvalue weighted by atomic mass is 16.5. The predicted octanol–water partition coefficient (Wildman–Crippen LogP) is 5.91. The van der Waals surface area contributed by atoms with E-state index in [-0.39, 0.29) is 12.5 Å². The molecule has 0 aliphatic rings. The fourth-order valence-electron chi connectivity index (χ4n) is 5.28. The molecule has 1 aromatic rings. The highest BCUT2D eigenvalue weighted by Crippen LogP contribution is 2.26. The Bertz CT molecular complexity index is 1190. The summed E-state index contributed by atoms with van der Waals surface area (Å²) in [6.07, 6.45) is 12.6. The molecule has 2 unspecified atom stereocenters. The zero-order chi connectivity index (χ0) is 36.1. The van der Waals surface area contributed by atoms with Crippen molar-refractivity contribution in [3.8, 4) is 5.75 Å². The van der Waals surface area contributed by atoms with E-state index in [0.29, 0.717) is 36.7 Å². The first-order valence-corrected chi connectivity index (χ1v) is 17.1. The fraction of sp³-hybridized carbons (Fsp3) is 0.622. The van der Waals surface area contributed by atoms with Crippen LogP contribution in [0.25, 0.3) is 0 Å². The van der Waals surface area contributed by atoms with Crippen LogP contribution in [0, 0.1) is 11.8 Å². The van der Waals surface area contributed by atoms with E-state index in [1.165, 1.54) is 25.3 Å². The topological polar surface area (TPSA) is 191 Å². The minimum absolute atomic E-state index is 0.150. The normalized spacial score (nSPS) is 15.1. The number of aliphatic hydroxyl groups excluding tert-OH is 1. The molecule has 0 heterocycles. The van der Waals surface area contributed by atoms with Gasteiger partial charge in [0, 0.05) is 6.42 Å². The van der Waals surface area contributed by atoms with Crippen LogP contribution in [0.3, 0.4) is 0 Å². The number of unbranched alkanes of at least 4 members (excludes halogenated alkanes) is 5. The van der Waals surface area contributed by atoms with E-state index in [1.807, 2.05) is 19.9 Å². The Kier molecular flexibility index (Phi) is 20.1. The van der Waals surface area contributed by atoms with E-state index in [0.717, 1.165) is 50.2 Å². The first-order chi connectivity index (χ1) is 22.7. The van der Waals surface area contributed by atoms with Gasteiger partial charge in [-0.2, -0.15) is 0 Å². The van der Waals surface area contributed by atoms with Crippen LogP contribution in [0.5, 0.6) is 5.75 Å². The summed E-state index contributed by atoms with van der Waals surface area (Å²) in [7, 11) is 0. The van der Waals surface area contributed by atoms with E-state index >= 15 is 0 Å². The molecule has 1 aromatic carbocycles. The quantitative estimate of drug-likeness (QED) is 0.0508. The van der Waals surface area contributed by atoms with Gasteiger partial charge in [-0.1, -0.05) is 82.2 Å². The highest BCUT2D eigenvalue weighted by Gasteiger charge is 2.49.